The van der Waals surface area contributed by atoms with Gasteiger partial charge in [0.05, 0.1) is 18.1 Å². The zero-order chi connectivity index (χ0) is 13.4. The summed E-state index contributed by atoms with van der Waals surface area (Å²) in [5.74, 6) is 0.656. The molecule has 0 saturated heterocycles. The van der Waals surface area contributed by atoms with Crippen molar-refractivity contribution in [1.82, 2.24) is 19.7 Å². The minimum Gasteiger partial charge on any atom is -0.243 e. The zero-order valence-electron chi connectivity index (χ0n) is 10.8. The molecule has 0 amide bonds. The maximum absolute atomic E-state index is 6.09. The van der Waals surface area contributed by atoms with Crippen LogP contribution in [0.15, 0.2) is 30.5 Å². The van der Waals surface area contributed by atoms with E-state index in [1.807, 2.05) is 11.6 Å². The molecule has 0 N–H and O–H groups in total. The third-order valence-electron chi connectivity index (χ3n) is 3.01. The van der Waals surface area contributed by atoms with Crippen molar-refractivity contribution in [2.75, 3.05) is 0 Å². The molecule has 5 heteroatoms. The van der Waals surface area contributed by atoms with Crippen LogP contribution in [-0.4, -0.2) is 19.7 Å². The normalized spacial score (nSPS) is 11.1. The van der Waals surface area contributed by atoms with Crippen molar-refractivity contribution in [3.8, 4) is 0 Å². The maximum atomic E-state index is 6.09. The van der Waals surface area contributed by atoms with Crippen LogP contribution >= 0.6 is 11.6 Å². The summed E-state index contributed by atoms with van der Waals surface area (Å²) in [6, 6.07) is 8.37. The Bertz CT molecular complexity index is 731. The van der Waals surface area contributed by atoms with E-state index in [1.54, 1.807) is 6.20 Å². The molecule has 3 aromatic rings. The predicted octanol–water partition coefficient (Wildman–Crippen LogP) is 3.14. The van der Waals surface area contributed by atoms with Gasteiger partial charge in [-0.3, -0.25) is 0 Å². The summed E-state index contributed by atoms with van der Waals surface area (Å²) in [6.07, 6.45) is 1.71. The minimum absolute atomic E-state index is 0.456. The quantitative estimate of drug-likeness (QED) is 0.673. The van der Waals surface area contributed by atoms with Crippen molar-refractivity contribution in [2.45, 2.75) is 20.4 Å². The summed E-state index contributed by atoms with van der Waals surface area (Å²) in [4.78, 5) is 8.55. The van der Waals surface area contributed by atoms with Crippen LogP contribution in [0.5, 0.6) is 0 Å². The fraction of sp³-hybridized carbons (Fsp3) is 0.214. The van der Waals surface area contributed by atoms with E-state index < -0.39 is 0 Å². The van der Waals surface area contributed by atoms with Crippen LogP contribution in [0.4, 0.5) is 0 Å². The number of aryl methyl sites for hydroxylation is 2. The first-order valence-electron chi connectivity index (χ1n) is 6.05. The lowest BCUT2D eigenvalue weighted by atomic mass is 10.1. The lowest BCUT2D eigenvalue weighted by Crippen LogP contribution is -2.03. The molecule has 3 rings (SSSR count). The molecule has 0 bridgehead atoms. The highest BCUT2D eigenvalue weighted by Crippen LogP contribution is 2.20. The van der Waals surface area contributed by atoms with Crippen molar-refractivity contribution in [2.24, 2.45) is 0 Å². The first-order valence-corrected chi connectivity index (χ1v) is 6.42. The number of hydrogen-bond acceptors (Lipinski definition) is 3. The second-order valence-corrected chi connectivity index (χ2v) is 4.94. The number of aromatic nitrogens is 4. The van der Waals surface area contributed by atoms with E-state index in [0.29, 0.717) is 17.5 Å². The molecule has 0 spiro atoms. The van der Waals surface area contributed by atoms with Crippen LogP contribution in [0.25, 0.3) is 11.0 Å². The largest absolute Gasteiger partial charge is 0.243 e. The van der Waals surface area contributed by atoms with Gasteiger partial charge in [0, 0.05) is 0 Å². The standard InChI is InChI=1S/C14H13ClN4/c1-9-3-5-11(6-4-9)8-19-14-12(7-16-19)13(15)17-10(2)18-14/h3-7H,8H2,1-2H3. The van der Waals surface area contributed by atoms with Crippen molar-refractivity contribution in [3.63, 3.8) is 0 Å². The number of rotatable bonds is 2. The topological polar surface area (TPSA) is 43.6 Å². The monoisotopic (exact) mass is 272 g/mol. The highest BCUT2D eigenvalue weighted by Gasteiger charge is 2.10. The molecule has 2 aromatic heterocycles. The van der Waals surface area contributed by atoms with Gasteiger partial charge in [0.2, 0.25) is 0 Å². The first-order chi connectivity index (χ1) is 9.13. The molecule has 0 fully saturated rings. The van der Waals surface area contributed by atoms with Crippen LogP contribution in [0, 0.1) is 13.8 Å². The third-order valence-corrected chi connectivity index (χ3v) is 3.30. The van der Waals surface area contributed by atoms with E-state index in [-0.39, 0.29) is 0 Å². The van der Waals surface area contributed by atoms with Gasteiger partial charge >= 0.3 is 0 Å². The summed E-state index contributed by atoms with van der Waals surface area (Å²) in [6.45, 7) is 4.58. The number of fused-ring (bicyclic) bond motifs is 1. The van der Waals surface area contributed by atoms with E-state index in [1.165, 1.54) is 11.1 Å². The number of hydrogen-bond donors (Lipinski definition) is 0. The lowest BCUT2D eigenvalue weighted by molar-refractivity contribution is 0.702. The first kappa shape index (κ1) is 12.1. The molecule has 2 heterocycles. The van der Waals surface area contributed by atoms with Crippen molar-refractivity contribution in [1.29, 1.82) is 0 Å². The average Bonchev–Trinajstić information content (AvgIpc) is 2.76. The Kier molecular flexibility index (Phi) is 2.95. The smallest absolute Gasteiger partial charge is 0.163 e. The van der Waals surface area contributed by atoms with Crippen molar-refractivity contribution >= 4 is 22.6 Å². The number of nitrogens with zero attached hydrogens (tertiary/aromatic N) is 4. The molecular formula is C14H13ClN4. The molecule has 1 aromatic carbocycles. The van der Waals surface area contributed by atoms with Gasteiger partial charge in [0.15, 0.2) is 5.65 Å². The fourth-order valence-corrected chi connectivity index (χ4v) is 2.26. The van der Waals surface area contributed by atoms with E-state index in [4.69, 9.17) is 11.6 Å². The van der Waals surface area contributed by atoms with Gasteiger partial charge in [-0.1, -0.05) is 41.4 Å². The Labute approximate surface area is 116 Å². The van der Waals surface area contributed by atoms with E-state index in [0.717, 1.165) is 11.0 Å². The average molecular weight is 273 g/mol. The molecule has 0 unspecified atom stereocenters. The summed E-state index contributed by atoms with van der Waals surface area (Å²) >= 11 is 6.09. The number of benzene rings is 1. The van der Waals surface area contributed by atoms with Gasteiger partial charge in [-0.05, 0) is 19.4 Å². The summed E-state index contributed by atoms with van der Waals surface area (Å²) in [7, 11) is 0. The van der Waals surface area contributed by atoms with Crippen LogP contribution in [-0.2, 0) is 6.54 Å². The molecule has 0 saturated carbocycles. The van der Waals surface area contributed by atoms with E-state index in [9.17, 15) is 0 Å². The van der Waals surface area contributed by atoms with Crippen molar-refractivity contribution < 1.29 is 0 Å². The van der Waals surface area contributed by atoms with Crippen LogP contribution in [0.3, 0.4) is 0 Å². The predicted molar refractivity (Wildman–Crippen MR) is 75.4 cm³/mol. The van der Waals surface area contributed by atoms with Gasteiger partial charge in [0.25, 0.3) is 0 Å². The molecule has 0 radical (unpaired) electrons. The third kappa shape index (κ3) is 2.31. The molecular weight excluding hydrogens is 260 g/mol. The summed E-state index contributed by atoms with van der Waals surface area (Å²) in [5.41, 5.74) is 3.20. The second-order valence-electron chi connectivity index (χ2n) is 4.59. The molecule has 4 nitrogen and oxygen atoms in total. The van der Waals surface area contributed by atoms with Gasteiger partial charge in [-0.2, -0.15) is 5.10 Å². The highest BCUT2D eigenvalue weighted by molar-refractivity contribution is 6.33. The molecule has 0 aliphatic rings. The Morgan fingerprint density at radius 1 is 1.11 bits per heavy atom. The molecule has 96 valence electrons. The zero-order valence-corrected chi connectivity index (χ0v) is 11.5. The summed E-state index contributed by atoms with van der Waals surface area (Å²) < 4.78 is 1.85. The Hall–Kier alpha value is -1.94. The maximum Gasteiger partial charge on any atom is 0.163 e. The number of halogens is 1. The van der Waals surface area contributed by atoms with Gasteiger partial charge in [-0.15, -0.1) is 0 Å². The lowest BCUT2D eigenvalue weighted by Gasteiger charge is -2.04. The van der Waals surface area contributed by atoms with Crippen molar-refractivity contribution in [3.05, 3.63) is 52.6 Å². The second kappa shape index (κ2) is 4.63. The van der Waals surface area contributed by atoms with Crippen LogP contribution < -0.4 is 0 Å². The SMILES string of the molecule is Cc1ccc(Cn2ncc3c(Cl)nc(C)nc32)cc1. The molecule has 19 heavy (non-hydrogen) atoms. The molecule has 0 atom stereocenters. The van der Waals surface area contributed by atoms with E-state index in [2.05, 4.69) is 46.3 Å². The summed E-state index contributed by atoms with van der Waals surface area (Å²) in [5, 5.41) is 5.59. The minimum atomic E-state index is 0.456. The van der Waals surface area contributed by atoms with Crippen LogP contribution in [0.2, 0.25) is 5.15 Å². The van der Waals surface area contributed by atoms with Gasteiger partial charge < -0.3 is 0 Å². The fourth-order valence-electron chi connectivity index (χ4n) is 2.01. The molecule has 0 aliphatic carbocycles. The molecule has 0 aliphatic heterocycles. The van der Waals surface area contributed by atoms with Gasteiger partial charge in [-0.25, -0.2) is 14.6 Å². The van der Waals surface area contributed by atoms with Gasteiger partial charge in [0.1, 0.15) is 11.0 Å². The Morgan fingerprint density at radius 3 is 2.58 bits per heavy atom. The Balaban J connectivity index is 2.03. The highest BCUT2D eigenvalue weighted by atomic mass is 35.5. The van der Waals surface area contributed by atoms with Crippen LogP contribution in [0.1, 0.15) is 17.0 Å². The van der Waals surface area contributed by atoms with E-state index >= 15 is 0 Å². The Morgan fingerprint density at radius 2 is 1.84 bits per heavy atom.